The van der Waals surface area contributed by atoms with E-state index >= 15 is 0 Å². The van der Waals surface area contributed by atoms with Crippen LogP contribution in [0.5, 0.6) is 0 Å². The maximum Gasteiger partial charge on any atom is 0.0610 e. The summed E-state index contributed by atoms with van der Waals surface area (Å²) in [5, 5.41) is 12.8. The third-order valence-corrected chi connectivity index (χ3v) is 4.02. The van der Waals surface area contributed by atoms with E-state index in [9.17, 15) is 5.11 Å². The second-order valence-electron chi connectivity index (χ2n) is 5.63. The number of likely N-dealkylation sites (tertiary alicyclic amines) is 1. The lowest BCUT2D eigenvalue weighted by molar-refractivity contribution is 0.0396. The molecule has 1 heterocycles. The van der Waals surface area contributed by atoms with E-state index in [1.54, 1.807) is 0 Å². The van der Waals surface area contributed by atoms with Crippen LogP contribution in [-0.2, 0) is 4.74 Å². The van der Waals surface area contributed by atoms with E-state index in [2.05, 4.69) is 24.1 Å². The first kappa shape index (κ1) is 15.9. The summed E-state index contributed by atoms with van der Waals surface area (Å²) in [5.74, 6) is 0. The largest absolute Gasteiger partial charge is 0.394 e. The minimum atomic E-state index is -0.112. The Hall–Kier alpha value is -0.160. The van der Waals surface area contributed by atoms with E-state index in [1.165, 1.54) is 0 Å². The number of ether oxygens (including phenoxy) is 1. The van der Waals surface area contributed by atoms with Crippen LogP contribution in [0.4, 0.5) is 0 Å². The van der Waals surface area contributed by atoms with Crippen molar-refractivity contribution in [1.82, 2.24) is 10.2 Å². The zero-order valence-corrected chi connectivity index (χ0v) is 12.2. The minimum Gasteiger partial charge on any atom is -0.394 e. The van der Waals surface area contributed by atoms with E-state index in [-0.39, 0.29) is 12.1 Å². The second-order valence-corrected chi connectivity index (χ2v) is 5.63. The summed E-state index contributed by atoms with van der Waals surface area (Å²) in [6, 6.07) is 0. The summed E-state index contributed by atoms with van der Waals surface area (Å²) in [6.45, 7) is 8.75. The van der Waals surface area contributed by atoms with Crippen LogP contribution in [0.25, 0.3) is 0 Å². The van der Waals surface area contributed by atoms with Gasteiger partial charge in [-0.3, -0.25) is 0 Å². The third-order valence-electron chi connectivity index (χ3n) is 4.02. The Balaban J connectivity index is 2.17. The van der Waals surface area contributed by atoms with Crippen molar-refractivity contribution in [3.05, 3.63) is 0 Å². The summed E-state index contributed by atoms with van der Waals surface area (Å²) in [5.41, 5.74) is -0.112. The van der Waals surface area contributed by atoms with Gasteiger partial charge in [-0.2, -0.15) is 0 Å². The van der Waals surface area contributed by atoms with E-state index in [1.807, 2.05) is 7.11 Å². The molecule has 1 fully saturated rings. The fraction of sp³-hybridized carbons (Fsp3) is 1.00. The van der Waals surface area contributed by atoms with E-state index in [0.29, 0.717) is 6.10 Å². The first-order valence-electron chi connectivity index (χ1n) is 7.24. The zero-order chi connectivity index (χ0) is 13.4. The van der Waals surface area contributed by atoms with Crippen molar-refractivity contribution in [1.29, 1.82) is 0 Å². The van der Waals surface area contributed by atoms with Crippen LogP contribution in [0, 0.1) is 0 Å². The van der Waals surface area contributed by atoms with Crippen molar-refractivity contribution >= 4 is 0 Å². The molecule has 0 bridgehead atoms. The monoisotopic (exact) mass is 258 g/mol. The van der Waals surface area contributed by atoms with E-state index in [4.69, 9.17) is 4.74 Å². The van der Waals surface area contributed by atoms with Crippen molar-refractivity contribution < 1.29 is 9.84 Å². The van der Waals surface area contributed by atoms with Crippen LogP contribution in [-0.4, -0.2) is 61.5 Å². The smallest absolute Gasteiger partial charge is 0.0610 e. The molecule has 108 valence electrons. The molecule has 0 aromatic rings. The van der Waals surface area contributed by atoms with E-state index in [0.717, 1.165) is 51.9 Å². The van der Waals surface area contributed by atoms with Gasteiger partial charge in [-0.25, -0.2) is 0 Å². The lowest BCUT2D eigenvalue weighted by Gasteiger charge is -2.33. The van der Waals surface area contributed by atoms with Crippen LogP contribution in [0.15, 0.2) is 0 Å². The summed E-state index contributed by atoms with van der Waals surface area (Å²) in [6.07, 6.45) is 4.94. The minimum absolute atomic E-state index is 0.112. The van der Waals surface area contributed by atoms with E-state index < -0.39 is 0 Å². The molecule has 1 saturated heterocycles. The maximum atomic E-state index is 9.43. The molecule has 0 saturated carbocycles. The normalized spacial score (nSPS) is 22.0. The highest BCUT2D eigenvalue weighted by molar-refractivity contribution is 4.82. The molecule has 0 spiro atoms. The van der Waals surface area contributed by atoms with Gasteiger partial charge in [0.1, 0.15) is 0 Å². The molecule has 4 heteroatoms. The van der Waals surface area contributed by atoms with Crippen molar-refractivity contribution in [2.24, 2.45) is 0 Å². The van der Waals surface area contributed by atoms with Gasteiger partial charge >= 0.3 is 0 Å². The molecule has 1 aliphatic rings. The number of aliphatic hydroxyl groups excluding tert-OH is 1. The molecule has 1 aliphatic heterocycles. The van der Waals surface area contributed by atoms with Gasteiger partial charge < -0.3 is 20.1 Å². The Morgan fingerprint density at radius 1 is 1.39 bits per heavy atom. The number of aliphatic hydroxyl groups is 1. The van der Waals surface area contributed by atoms with Gasteiger partial charge in [-0.15, -0.1) is 0 Å². The number of methoxy groups -OCH3 is 1. The average molecular weight is 258 g/mol. The van der Waals surface area contributed by atoms with Crippen molar-refractivity contribution in [2.75, 3.05) is 39.9 Å². The van der Waals surface area contributed by atoms with Crippen LogP contribution in [0.2, 0.25) is 0 Å². The molecular weight excluding hydrogens is 228 g/mol. The Bertz CT molecular complexity index is 218. The number of likely N-dealkylation sites (N-methyl/N-ethyl adjacent to an activating group) is 1. The van der Waals surface area contributed by atoms with Crippen molar-refractivity contribution in [3.63, 3.8) is 0 Å². The fourth-order valence-electron chi connectivity index (χ4n) is 2.71. The molecule has 1 rings (SSSR count). The molecule has 18 heavy (non-hydrogen) atoms. The quantitative estimate of drug-likeness (QED) is 0.687. The Kier molecular flexibility index (Phi) is 7.15. The van der Waals surface area contributed by atoms with Crippen molar-refractivity contribution in [3.8, 4) is 0 Å². The highest BCUT2D eigenvalue weighted by Gasteiger charge is 2.23. The standard InChI is InChI=1S/C14H30N2O2/c1-4-15-14(2,12-17)8-5-9-16-10-6-13(18-3)7-11-16/h13,15,17H,4-12H2,1-3H3. The van der Waals surface area contributed by atoms with Crippen LogP contribution in [0.1, 0.15) is 39.5 Å². The third kappa shape index (κ3) is 5.22. The molecule has 1 unspecified atom stereocenters. The summed E-state index contributed by atoms with van der Waals surface area (Å²) >= 11 is 0. The Labute approximate surface area is 112 Å². The van der Waals surface area contributed by atoms with Gasteiger partial charge in [-0.05, 0) is 45.7 Å². The van der Waals surface area contributed by atoms with Gasteiger partial charge in [0.05, 0.1) is 12.7 Å². The summed E-state index contributed by atoms with van der Waals surface area (Å²) < 4.78 is 5.38. The SMILES string of the molecule is CCNC(C)(CO)CCCN1CCC(OC)CC1. The van der Waals surface area contributed by atoms with Crippen LogP contribution < -0.4 is 5.32 Å². The number of rotatable bonds is 8. The van der Waals surface area contributed by atoms with Gasteiger partial charge in [0.2, 0.25) is 0 Å². The molecule has 0 aromatic carbocycles. The average Bonchev–Trinajstić information content (AvgIpc) is 2.40. The molecular formula is C14H30N2O2. The Morgan fingerprint density at radius 3 is 2.56 bits per heavy atom. The topological polar surface area (TPSA) is 44.7 Å². The van der Waals surface area contributed by atoms with Gasteiger partial charge in [-0.1, -0.05) is 6.92 Å². The zero-order valence-electron chi connectivity index (χ0n) is 12.2. The predicted molar refractivity (Wildman–Crippen MR) is 74.9 cm³/mol. The number of nitrogens with one attached hydrogen (secondary N) is 1. The molecule has 0 amide bonds. The molecule has 4 nitrogen and oxygen atoms in total. The van der Waals surface area contributed by atoms with Crippen molar-refractivity contribution in [2.45, 2.75) is 51.2 Å². The van der Waals surface area contributed by atoms with Crippen LogP contribution >= 0.6 is 0 Å². The molecule has 2 N–H and O–H groups in total. The molecule has 0 aromatic heterocycles. The Morgan fingerprint density at radius 2 is 2.06 bits per heavy atom. The van der Waals surface area contributed by atoms with Crippen LogP contribution in [0.3, 0.4) is 0 Å². The number of hydrogen-bond acceptors (Lipinski definition) is 4. The fourth-order valence-corrected chi connectivity index (χ4v) is 2.71. The first-order chi connectivity index (χ1) is 8.63. The van der Waals surface area contributed by atoms with Gasteiger partial charge in [0.25, 0.3) is 0 Å². The highest BCUT2D eigenvalue weighted by atomic mass is 16.5. The number of hydrogen-bond donors (Lipinski definition) is 2. The molecule has 1 atom stereocenters. The summed E-state index contributed by atoms with van der Waals surface area (Å²) in [7, 11) is 1.81. The first-order valence-corrected chi connectivity index (χ1v) is 7.24. The number of piperidine rings is 1. The van der Waals surface area contributed by atoms with Gasteiger partial charge in [0.15, 0.2) is 0 Å². The lowest BCUT2D eigenvalue weighted by Crippen LogP contribution is -2.46. The highest BCUT2D eigenvalue weighted by Crippen LogP contribution is 2.16. The molecule has 0 aliphatic carbocycles. The molecule has 0 radical (unpaired) electrons. The predicted octanol–water partition coefficient (Wildman–Crippen LogP) is 1.24. The second kappa shape index (κ2) is 8.10. The maximum absolute atomic E-state index is 9.43. The summed E-state index contributed by atoms with van der Waals surface area (Å²) in [4.78, 5) is 2.51. The van der Waals surface area contributed by atoms with Gasteiger partial charge in [0, 0.05) is 25.7 Å². The lowest BCUT2D eigenvalue weighted by atomic mass is 9.96. The number of nitrogens with zero attached hydrogens (tertiary/aromatic N) is 1.